The molecule has 0 bridgehead atoms. The highest BCUT2D eigenvalue weighted by molar-refractivity contribution is 8.00. The van der Waals surface area contributed by atoms with Gasteiger partial charge in [0.05, 0.1) is 5.25 Å². The molecule has 0 saturated carbocycles. The third-order valence-electron chi connectivity index (χ3n) is 5.07. The van der Waals surface area contributed by atoms with Gasteiger partial charge in [0.25, 0.3) is 0 Å². The van der Waals surface area contributed by atoms with Gasteiger partial charge in [0.2, 0.25) is 5.91 Å². The predicted octanol–water partition coefficient (Wildman–Crippen LogP) is 6.93. The number of hydrogen-bond donors (Lipinski definition) is 3. The first-order valence-corrected chi connectivity index (χ1v) is 11.9. The summed E-state index contributed by atoms with van der Waals surface area (Å²) in [6, 6.07) is 22.1. The van der Waals surface area contributed by atoms with Gasteiger partial charge < -0.3 is 16.0 Å². The molecule has 0 aliphatic carbocycles. The Balaban J connectivity index is 1.63. The summed E-state index contributed by atoms with van der Waals surface area (Å²) >= 11 is 7.01. The number of nitrogens with one attached hydrogen (secondary N) is 3. The number of thiocarbonyl (C=S) groups is 1. The van der Waals surface area contributed by atoms with Gasteiger partial charge in [-0.1, -0.05) is 48.9 Å². The Bertz CT molecular complexity index is 1080. The highest BCUT2D eigenvalue weighted by Crippen LogP contribution is 2.29. The second kappa shape index (κ2) is 11.2. The molecule has 0 aromatic heterocycles. The molecule has 0 heterocycles. The normalized spacial score (nSPS) is 11.5. The standard InChI is InChI=1S/C26H29N3OS2/c1-5-23(25(30)29-24-18(3)8-6-9-19(24)4)32-22-11-7-10-21(16-22)28-26(31)27-20-14-12-17(2)13-15-20/h6-16,23H,5H2,1-4H3,(H,29,30)(H2,27,28,31). The fourth-order valence-electron chi connectivity index (χ4n) is 3.28. The quantitative estimate of drug-likeness (QED) is 0.262. The van der Waals surface area contributed by atoms with Crippen LogP contribution in [0.25, 0.3) is 0 Å². The highest BCUT2D eigenvalue weighted by atomic mass is 32.2. The number of rotatable bonds is 7. The molecule has 4 nitrogen and oxygen atoms in total. The van der Waals surface area contributed by atoms with Gasteiger partial charge in [0, 0.05) is 22.0 Å². The molecule has 0 aliphatic heterocycles. The largest absolute Gasteiger partial charge is 0.332 e. The molecule has 1 amide bonds. The van der Waals surface area contributed by atoms with Crippen molar-refractivity contribution < 1.29 is 4.79 Å². The van der Waals surface area contributed by atoms with Crippen molar-refractivity contribution in [2.24, 2.45) is 0 Å². The van der Waals surface area contributed by atoms with E-state index in [0.29, 0.717) is 5.11 Å². The SMILES string of the molecule is CCC(Sc1cccc(NC(=S)Nc2ccc(C)cc2)c1)C(=O)Nc1c(C)cccc1C. The summed E-state index contributed by atoms with van der Waals surface area (Å²) in [5.41, 5.74) is 6.06. The van der Waals surface area contributed by atoms with Crippen LogP contribution in [0.15, 0.2) is 71.6 Å². The van der Waals surface area contributed by atoms with Gasteiger partial charge in [0.1, 0.15) is 0 Å². The molecule has 6 heteroatoms. The maximum atomic E-state index is 13.0. The Morgan fingerprint density at radius 2 is 1.50 bits per heavy atom. The van der Waals surface area contributed by atoms with Gasteiger partial charge in [-0.05, 0) is 80.9 Å². The fraction of sp³-hybridized carbons (Fsp3) is 0.231. The Morgan fingerprint density at radius 1 is 0.875 bits per heavy atom. The molecule has 3 N–H and O–H groups in total. The molecule has 0 saturated heterocycles. The van der Waals surface area contributed by atoms with Crippen LogP contribution in [0, 0.1) is 20.8 Å². The lowest BCUT2D eigenvalue weighted by atomic mass is 10.1. The van der Waals surface area contributed by atoms with Gasteiger partial charge in [-0.15, -0.1) is 11.8 Å². The van der Waals surface area contributed by atoms with E-state index in [1.54, 1.807) is 11.8 Å². The van der Waals surface area contributed by atoms with Crippen molar-refractivity contribution in [3.63, 3.8) is 0 Å². The van der Waals surface area contributed by atoms with Crippen LogP contribution < -0.4 is 16.0 Å². The number of aryl methyl sites for hydroxylation is 3. The van der Waals surface area contributed by atoms with E-state index < -0.39 is 0 Å². The van der Waals surface area contributed by atoms with Gasteiger partial charge in [-0.2, -0.15) is 0 Å². The third kappa shape index (κ3) is 6.58. The van der Waals surface area contributed by atoms with Gasteiger partial charge in [-0.25, -0.2) is 0 Å². The second-order valence-electron chi connectivity index (χ2n) is 7.74. The van der Waals surface area contributed by atoms with Crippen LogP contribution in [-0.4, -0.2) is 16.3 Å². The topological polar surface area (TPSA) is 53.2 Å². The molecule has 3 aromatic carbocycles. The van der Waals surface area contributed by atoms with Crippen molar-refractivity contribution in [3.05, 3.63) is 83.4 Å². The average Bonchev–Trinajstić information content (AvgIpc) is 2.76. The summed E-state index contributed by atoms with van der Waals surface area (Å²) in [6.07, 6.45) is 0.729. The van der Waals surface area contributed by atoms with E-state index in [2.05, 4.69) is 22.9 Å². The molecule has 0 aliphatic rings. The van der Waals surface area contributed by atoms with Crippen LogP contribution in [0.5, 0.6) is 0 Å². The van der Waals surface area contributed by atoms with E-state index in [4.69, 9.17) is 12.2 Å². The number of benzene rings is 3. The summed E-state index contributed by atoms with van der Waals surface area (Å²) in [6.45, 7) is 8.11. The molecule has 3 aromatic rings. The Morgan fingerprint density at radius 3 is 2.16 bits per heavy atom. The van der Waals surface area contributed by atoms with Crippen LogP contribution in [0.1, 0.15) is 30.0 Å². The lowest BCUT2D eigenvalue weighted by Gasteiger charge is -2.18. The Labute approximate surface area is 200 Å². The number of carbonyl (C=O) groups is 1. The molecule has 0 fully saturated rings. The maximum Gasteiger partial charge on any atom is 0.237 e. The predicted molar refractivity (Wildman–Crippen MR) is 142 cm³/mol. The average molecular weight is 464 g/mol. The molecule has 32 heavy (non-hydrogen) atoms. The van der Waals surface area contributed by atoms with Crippen molar-refractivity contribution in [1.82, 2.24) is 0 Å². The lowest BCUT2D eigenvalue weighted by Crippen LogP contribution is -2.25. The van der Waals surface area contributed by atoms with Crippen molar-refractivity contribution in [3.8, 4) is 0 Å². The van der Waals surface area contributed by atoms with E-state index in [9.17, 15) is 4.79 Å². The van der Waals surface area contributed by atoms with Crippen LogP contribution >= 0.6 is 24.0 Å². The second-order valence-corrected chi connectivity index (χ2v) is 9.43. The van der Waals surface area contributed by atoms with Gasteiger partial charge in [-0.3, -0.25) is 4.79 Å². The first kappa shape index (κ1) is 23.8. The van der Waals surface area contributed by atoms with E-state index in [1.165, 1.54) is 5.56 Å². The van der Waals surface area contributed by atoms with E-state index in [-0.39, 0.29) is 11.2 Å². The van der Waals surface area contributed by atoms with Crippen LogP contribution in [0.2, 0.25) is 0 Å². The van der Waals surface area contributed by atoms with Crippen molar-refractivity contribution in [2.75, 3.05) is 16.0 Å². The monoisotopic (exact) mass is 463 g/mol. The molecular weight excluding hydrogens is 434 g/mol. The molecular formula is C26H29N3OS2. The zero-order valence-electron chi connectivity index (χ0n) is 18.9. The van der Waals surface area contributed by atoms with E-state index in [0.717, 1.165) is 39.5 Å². The molecule has 0 spiro atoms. The van der Waals surface area contributed by atoms with Crippen LogP contribution in [-0.2, 0) is 4.79 Å². The van der Waals surface area contributed by atoms with Crippen LogP contribution in [0.3, 0.4) is 0 Å². The number of hydrogen-bond acceptors (Lipinski definition) is 3. The summed E-state index contributed by atoms with van der Waals surface area (Å²) in [4.78, 5) is 14.0. The molecule has 1 unspecified atom stereocenters. The Hall–Kier alpha value is -2.83. The van der Waals surface area contributed by atoms with E-state index >= 15 is 0 Å². The van der Waals surface area contributed by atoms with Crippen molar-refractivity contribution in [1.29, 1.82) is 0 Å². The number of amides is 1. The number of thioether (sulfide) groups is 1. The van der Waals surface area contributed by atoms with E-state index in [1.807, 2.05) is 87.5 Å². The number of para-hydroxylation sites is 1. The minimum absolute atomic E-state index is 0.0184. The summed E-state index contributed by atoms with van der Waals surface area (Å²) < 4.78 is 0. The number of carbonyl (C=O) groups excluding carboxylic acids is 1. The highest BCUT2D eigenvalue weighted by Gasteiger charge is 2.19. The minimum atomic E-state index is -0.193. The molecule has 3 rings (SSSR count). The van der Waals surface area contributed by atoms with Crippen molar-refractivity contribution in [2.45, 2.75) is 44.3 Å². The minimum Gasteiger partial charge on any atom is -0.332 e. The maximum absolute atomic E-state index is 13.0. The molecule has 1 atom stereocenters. The zero-order chi connectivity index (χ0) is 23.1. The smallest absolute Gasteiger partial charge is 0.237 e. The fourth-order valence-corrected chi connectivity index (χ4v) is 4.53. The third-order valence-corrected chi connectivity index (χ3v) is 6.63. The van der Waals surface area contributed by atoms with Crippen LogP contribution in [0.4, 0.5) is 17.1 Å². The summed E-state index contributed by atoms with van der Waals surface area (Å²) in [7, 11) is 0. The van der Waals surface area contributed by atoms with Gasteiger partial charge >= 0.3 is 0 Å². The zero-order valence-corrected chi connectivity index (χ0v) is 20.5. The molecule has 166 valence electrons. The first-order valence-electron chi connectivity index (χ1n) is 10.6. The first-order chi connectivity index (χ1) is 15.4. The summed E-state index contributed by atoms with van der Waals surface area (Å²) in [5, 5.41) is 9.87. The van der Waals surface area contributed by atoms with Crippen molar-refractivity contribution >= 4 is 52.1 Å². The Kier molecular flexibility index (Phi) is 8.31. The summed E-state index contributed by atoms with van der Waals surface area (Å²) in [5.74, 6) is 0.0184. The number of anilines is 3. The lowest BCUT2D eigenvalue weighted by molar-refractivity contribution is -0.115. The molecule has 0 radical (unpaired) electrons. The van der Waals surface area contributed by atoms with Gasteiger partial charge in [0.15, 0.2) is 5.11 Å².